The van der Waals surface area contributed by atoms with E-state index in [9.17, 15) is 9.90 Å². The van der Waals surface area contributed by atoms with Crippen LogP contribution in [0.3, 0.4) is 0 Å². The van der Waals surface area contributed by atoms with E-state index in [-0.39, 0.29) is 30.5 Å². The zero-order chi connectivity index (χ0) is 20.0. The van der Waals surface area contributed by atoms with Gasteiger partial charge in [0.1, 0.15) is 5.75 Å². The molecule has 2 heterocycles. The van der Waals surface area contributed by atoms with E-state index in [0.29, 0.717) is 5.91 Å². The zero-order valence-corrected chi connectivity index (χ0v) is 16.8. The molecule has 0 spiro atoms. The van der Waals surface area contributed by atoms with Gasteiger partial charge in [0.25, 0.3) is 0 Å². The predicted octanol–water partition coefficient (Wildman–Crippen LogP) is 3.84. The maximum absolute atomic E-state index is 13.2. The van der Waals surface area contributed by atoms with Crippen molar-refractivity contribution < 1.29 is 14.6 Å². The van der Waals surface area contributed by atoms with Crippen LogP contribution in [0.5, 0.6) is 5.75 Å². The van der Waals surface area contributed by atoms with Gasteiger partial charge in [-0.15, -0.1) is 0 Å². The first-order valence-corrected chi connectivity index (χ1v) is 10.7. The van der Waals surface area contributed by atoms with Crippen molar-refractivity contribution in [3.8, 4) is 16.9 Å². The van der Waals surface area contributed by atoms with Crippen LogP contribution in [0.4, 0.5) is 5.69 Å². The number of hydrogen-bond acceptors (Lipinski definition) is 4. The first kappa shape index (κ1) is 18.5. The summed E-state index contributed by atoms with van der Waals surface area (Å²) in [5.74, 6) is 1.58. The Morgan fingerprint density at radius 2 is 2.03 bits per heavy atom. The van der Waals surface area contributed by atoms with E-state index in [4.69, 9.17) is 4.74 Å². The number of amides is 1. The van der Waals surface area contributed by atoms with Crippen molar-refractivity contribution in [1.82, 2.24) is 4.90 Å². The van der Waals surface area contributed by atoms with Gasteiger partial charge in [-0.25, -0.2) is 0 Å². The fraction of sp³-hybridized carbons (Fsp3) is 0.458. The highest BCUT2D eigenvalue weighted by atomic mass is 16.5. The molecule has 3 atom stereocenters. The van der Waals surface area contributed by atoms with Crippen LogP contribution < -0.4 is 10.1 Å². The van der Waals surface area contributed by atoms with Crippen LogP contribution in [0, 0.1) is 11.8 Å². The average Bonchev–Trinajstić information content (AvgIpc) is 3.17. The van der Waals surface area contributed by atoms with Crippen molar-refractivity contribution in [3.05, 3.63) is 48.0 Å². The molecule has 1 amide bonds. The summed E-state index contributed by atoms with van der Waals surface area (Å²) in [5, 5.41) is 13.5. The summed E-state index contributed by atoms with van der Waals surface area (Å²) in [7, 11) is 1.69. The number of para-hydroxylation sites is 1. The summed E-state index contributed by atoms with van der Waals surface area (Å²) in [6.45, 7) is 0.863. The number of carbonyl (C=O) groups excluding carboxylic acids is 1. The molecule has 0 aromatic heterocycles. The first-order chi connectivity index (χ1) is 14.2. The molecular weight excluding hydrogens is 364 g/mol. The molecule has 1 saturated carbocycles. The number of hydrogen-bond donors (Lipinski definition) is 2. The van der Waals surface area contributed by atoms with Gasteiger partial charge in [-0.05, 0) is 48.6 Å². The van der Waals surface area contributed by atoms with Crippen LogP contribution in [0.15, 0.2) is 42.5 Å². The van der Waals surface area contributed by atoms with E-state index >= 15 is 0 Å². The normalized spacial score (nSPS) is 25.6. The monoisotopic (exact) mass is 392 g/mol. The van der Waals surface area contributed by atoms with Gasteiger partial charge in [-0.2, -0.15) is 0 Å². The molecule has 152 valence electrons. The molecule has 0 bridgehead atoms. The minimum atomic E-state index is -0.0104. The molecule has 2 aromatic rings. The van der Waals surface area contributed by atoms with Gasteiger partial charge < -0.3 is 20.1 Å². The Morgan fingerprint density at radius 3 is 2.76 bits per heavy atom. The van der Waals surface area contributed by atoms with Gasteiger partial charge in [0.2, 0.25) is 5.91 Å². The molecule has 2 aromatic carbocycles. The van der Waals surface area contributed by atoms with E-state index < -0.39 is 0 Å². The number of aliphatic hydroxyl groups excluding tert-OH is 1. The lowest BCUT2D eigenvalue weighted by Gasteiger charge is -2.41. The summed E-state index contributed by atoms with van der Waals surface area (Å²) >= 11 is 0. The molecule has 2 fully saturated rings. The predicted molar refractivity (Wildman–Crippen MR) is 113 cm³/mol. The highest BCUT2D eigenvalue weighted by Crippen LogP contribution is 2.49. The number of methoxy groups -OCH3 is 1. The SMILES string of the molecule is COc1ccccc1-c1ccc2c(c1)[C@H]1[C@H](CCN1C(=O)C1CCC1)[C@@H](CO)N2. The summed E-state index contributed by atoms with van der Waals surface area (Å²) in [6, 6.07) is 14.4. The molecule has 5 heteroatoms. The van der Waals surface area contributed by atoms with Gasteiger partial charge in [0.15, 0.2) is 0 Å². The first-order valence-electron chi connectivity index (χ1n) is 10.7. The van der Waals surface area contributed by atoms with E-state index in [1.807, 2.05) is 18.2 Å². The topological polar surface area (TPSA) is 61.8 Å². The number of ether oxygens (including phenoxy) is 1. The van der Waals surface area contributed by atoms with E-state index in [1.165, 1.54) is 0 Å². The fourth-order valence-electron chi connectivity index (χ4n) is 5.25. The largest absolute Gasteiger partial charge is 0.496 e. The molecule has 1 saturated heterocycles. The minimum Gasteiger partial charge on any atom is -0.496 e. The molecule has 5 nitrogen and oxygen atoms in total. The Morgan fingerprint density at radius 1 is 1.21 bits per heavy atom. The Hall–Kier alpha value is -2.53. The molecular formula is C24H28N2O3. The zero-order valence-electron chi connectivity index (χ0n) is 16.8. The van der Waals surface area contributed by atoms with Crippen molar-refractivity contribution in [3.63, 3.8) is 0 Å². The lowest BCUT2D eigenvalue weighted by atomic mass is 9.80. The fourth-order valence-corrected chi connectivity index (χ4v) is 5.25. The van der Waals surface area contributed by atoms with Crippen LogP contribution >= 0.6 is 0 Å². The molecule has 0 radical (unpaired) electrons. The molecule has 29 heavy (non-hydrogen) atoms. The number of aliphatic hydroxyl groups is 1. The second-order valence-electron chi connectivity index (χ2n) is 8.49. The summed E-state index contributed by atoms with van der Waals surface area (Å²) in [6.07, 6.45) is 4.12. The number of anilines is 1. The Kier molecular flexibility index (Phi) is 4.70. The van der Waals surface area contributed by atoms with Gasteiger partial charge in [0, 0.05) is 29.6 Å². The smallest absolute Gasteiger partial charge is 0.226 e. The summed E-state index contributed by atoms with van der Waals surface area (Å²) in [5.41, 5.74) is 4.33. The minimum absolute atomic E-state index is 0.0104. The van der Waals surface area contributed by atoms with Gasteiger partial charge >= 0.3 is 0 Å². The molecule has 0 unspecified atom stereocenters. The summed E-state index contributed by atoms with van der Waals surface area (Å²) in [4.78, 5) is 15.3. The van der Waals surface area contributed by atoms with Crippen molar-refractivity contribution in [1.29, 1.82) is 0 Å². The van der Waals surface area contributed by atoms with Crippen LogP contribution in [0.25, 0.3) is 11.1 Å². The van der Waals surface area contributed by atoms with E-state index in [1.54, 1.807) is 7.11 Å². The Balaban J connectivity index is 1.57. The van der Waals surface area contributed by atoms with Gasteiger partial charge in [0.05, 0.1) is 25.8 Å². The van der Waals surface area contributed by atoms with Crippen molar-refractivity contribution in [2.75, 3.05) is 25.6 Å². The third kappa shape index (κ3) is 2.99. The standard InChI is InChI=1S/C24H28N2O3/c1-29-22-8-3-2-7-17(22)16-9-10-20-19(13-16)23-18(21(14-27)25-20)11-12-26(23)24(28)15-5-4-6-15/h2-3,7-10,13,15,18,21,23,25,27H,4-6,11-12,14H2,1H3/t18-,21-,23-/m1/s1. The van der Waals surface area contributed by atoms with Crippen LogP contribution in [-0.4, -0.2) is 42.2 Å². The number of benzene rings is 2. The quantitative estimate of drug-likeness (QED) is 0.830. The Bertz CT molecular complexity index is 924. The van der Waals surface area contributed by atoms with Gasteiger partial charge in [-0.3, -0.25) is 4.79 Å². The number of fused-ring (bicyclic) bond motifs is 3. The van der Waals surface area contributed by atoms with E-state index in [2.05, 4.69) is 34.5 Å². The lowest BCUT2D eigenvalue weighted by molar-refractivity contribution is -0.139. The number of carbonyl (C=O) groups is 1. The van der Waals surface area contributed by atoms with Crippen molar-refractivity contribution >= 4 is 11.6 Å². The number of likely N-dealkylation sites (tertiary alicyclic amines) is 1. The van der Waals surface area contributed by atoms with Crippen LogP contribution in [0.2, 0.25) is 0 Å². The number of rotatable bonds is 4. The third-order valence-corrected chi connectivity index (χ3v) is 7.02. The Labute approximate surface area is 171 Å². The molecule has 1 aliphatic carbocycles. The second kappa shape index (κ2) is 7.38. The number of nitrogens with one attached hydrogen (secondary N) is 1. The summed E-state index contributed by atoms with van der Waals surface area (Å²) < 4.78 is 5.56. The second-order valence-corrected chi connectivity index (χ2v) is 8.49. The van der Waals surface area contributed by atoms with Crippen molar-refractivity contribution in [2.45, 2.75) is 37.8 Å². The van der Waals surface area contributed by atoms with Gasteiger partial charge in [-0.1, -0.05) is 30.7 Å². The third-order valence-electron chi connectivity index (χ3n) is 7.02. The maximum atomic E-state index is 13.2. The number of nitrogens with zero attached hydrogens (tertiary/aromatic N) is 1. The molecule has 5 rings (SSSR count). The van der Waals surface area contributed by atoms with Crippen LogP contribution in [0.1, 0.15) is 37.3 Å². The average molecular weight is 392 g/mol. The molecule has 2 N–H and O–H groups in total. The van der Waals surface area contributed by atoms with E-state index in [0.717, 1.165) is 60.4 Å². The highest BCUT2D eigenvalue weighted by Gasteiger charge is 2.47. The van der Waals surface area contributed by atoms with Crippen molar-refractivity contribution in [2.24, 2.45) is 11.8 Å². The molecule has 3 aliphatic rings. The maximum Gasteiger partial charge on any atom is 0.226 e. The van der Waals surface area contributed by atoms with Crippen LogP contribution in [-0.2, 0) is 4.79 Å². The molecule has 2 aliphatic heterocycles. The highest BCUT2D eigenvalue weighted by molar-refractivity contribution is 5.82. The lowest BCUT2D eigenvalue weighted by Crippen LogP contribution is -2.45.